The van der Waals surface area contributed by atoms with Crippen LogP contribution in [0.3, 0.4) is 0 Å². The highest BCUT2D eigenvalue weighted by molar-refractivity contribution is 6.32. The summed E-state index contributed by atoms with van der Waals surface area (Å²) in [7, 11) is 0. The molecule has 0 spiro atoms. The standard InChI is InChI=1S/C33H34ClNO10/c1-20(2)30(36)42-15-13-40-25-9-11-28(24(17-25)19-35)44-32(38)22-5-7-23(8-6-22)33(39)45-29-12-10-26(18-27(29)34)41-14-16-43-31(37)21(3)4/h9-12,17-18,22-23H,1,3,5-8,13-16H2,2,4H3. The fraction of sp³-hybridized carbons (Fsp3) is 0.364. The number of halogens is 1. The van der Waals surface area contributed by atoms with Gasteiger partial charge in [0.05, 0.1) is 22.4 Å². The van der Waals surface area contributed by atoms with Crippen molar-refractivity contribution in [2.24, 2.45) is 11.8 Å². The summed E-state index contributed by atoms with van der Waals surface area (Å²) in [5.41, 5.74) is 0.675. The first-order chi connectivity index (χ1) is 21.5. The van der Waals surface area contributed by atoms with Gasteiger partial charge < -0.3 is 28.4 Å². The van der Waals surface area contributed by atoms with Crippen molar-refractivity contribution in [1.29, 1.82) is 5.26 Å². The zero-order chi connectivity index (χ0) is 32.9. The van der Waals surface area contributed by atoms with Gasteiger partial charge in [-0.2, -0.15) is 5.26 Å². The van der Waals surface area contributed by atoms with E-state index in [9.17, 15) is 24.4 Å². The van der Waals surface area contributed by atoms with Gasteiger partial charge in [-0.3, -0.25) is 9.59 Å². The van der Waals surface area contributed by atoms with Crippen molar-refractivity contribution in [3.05, 3.63) is 71.3 Å². The van der Waals surface area contributed by atoms with Gasteiger partial charge in [-0.25, -0.2) is 9.59 Å². The maximum Gasteiger partial charge on any atom is 0.333 e. The normalized spacial score (nSPS) is 15.5. The molecule has 3 rings (SSSR count). The third-order valence-corrected chi connectivity index (χ3v) is 6.95. The van der Waals surface area contributed by atoms with E-state index in [1.54, 1.807) is 19.1 Å². The molecule has 1 aliphatic rings. The average Bonchev–Trinajstić information content (AvgIpc) is 3.02. The molecule has 11 nitrogen and oxygen atoms in total. The average molecular weight is 640 g/mol. The fourth-order valence-corrected chi connectivity index (χ4v) is 4.42. The highest BCUT2D eigenvalue weighted by Gasteiger charge is 2.32. The molecular weight excluding hydrogens is 606 g/mol. The Morgan fingerprint density at radius 2 is 1.20 bits per heavy atom. The molecule has 0 N–H and O–H groups in total. The van der Waals surface area contributed by atoms with Crippen molar-refractivity contribution in [3.63, 3.8) is 0 Å². The number of hydrogen-bond donors (Lipinski definition) is 0. The van der Waals surface area contributed by atoms with Crippen molar-refractivity contribution < 1.29 is 47.6 Å². The SMILES string of the molecule is C=C(C)C(=O)OCCOc1ccc(OC(=O)C2CCC(C(=O)Oc3ccc(OCCOC(=O)C(=C)C)cc3C#N)CC2)c(Cl)c1. The number of nitrogens with zero attached hydrogens (tertiary/aromatic N) is 1. The predicted molar refractivity (Wildman–Crippen MR) is 162 cm³/mol. The van der Waals surface area contributed by atoms with E-state index in [-0.39, 0.29) is 54.1 Å². The Bertz CT molecular complexity index is 1490. The summed E-state index contributed by atoms with van der Waals surface area (Å²) in [5.74, 6) is -1.83. The van der Waals surface area contributed by atoms with Crippen LogP contribution in [0.1, 0.15) is 45.1 Å². The molecular formula is C33H34ClNO10. The Hall–Kier alpha value is -4.82. The molecule has 0 saturated heterocycles. The number of nitriles is 1. The topological polar surface area (TPSA) is 147 Å². The van der Waals surface area contributed by atoms with E-state index in [1.807, 2.05) is 6.07 Å². The van der Waals surface area contributed by atoms with Crippen LogP contribution in [0, 0.1) is 23.2 Å². The summed E-state index contributed by atoms with van der Waals surface area (Å²) >= 11 is 6.28. The van der Waals surface area contributed by atoms with Crippen LogP contribution in [0.15, 0.2) is 60.7 Å². The number of esters is 4. The van der Waals surface area contributed by atoms with E-state index in [0.29, 0.717) is 42.8 Å². The van der Waals surface area contributed by atoms with E-state index >= 15 is 0 Å². The largest absolute Gasteiger partial charge is 0.490 e. The number of rotatable bonds is 14. The minimum absolute atomic E-state index is 0.00654. The quantitative estimate of drug-likeness (QED) is 0.111. The van der Waals surface area contributed by atoms with Crippen molar-refractivity contribution >= 4 is 35.5 Å². The number of benzene rings is 2. The first-order valence-electron chi connectivity index (χ1n) is 14.2. The second kappa shape index (κ2) is 16.9. The monoisotopic (exact) mass is 639 g/mol. The second-order valence-electron chi connectivity index (χ2n) is 10.3. The van der Waals surface area contributed by atoms with Gasteiger partial charge in [0, 0.05) is 23.3 Å². The van der Waals surface area contributed by atoms with Crippen molar-refractivity contribution in [3.8, 4) is 29.1 Å². The Labute approximate surface area is 266 Å². The van der Waals surface area contributed by atoms with Gasteiger partial charge in [-0.05, 0) is 63.8 Å². The third-order valence-electron chi connectivity index (χ3n) is 6.66. The van der Waals surface area contributed by atoms with Crippen molar-refractivity contribution in [2.45, 2.75) is 39.5 Å². The van der Waals surface area contributed by atoms with E-state index in [4.69, 9.17) is 40.0 Å². The fourth-order valence-electron chi connectivity index (χ4n) is 4.21. The number of carbonyl (C=O) groups is 4. The highest BCUT2D eigenvalue weighted by atomic mass is 35.5. The third kappa shape index (κ3) is 10.7. The van der Waals surface area contributed by atoms with Crippen molar-refractivity contribution in [1.82, 2.24) is 0 Å². The molecule has 2 aromatic rings. The molecule has 0 atom stereocenters. The minimum Gasteiger partial charge on any atom is -0.490 e. The van der Waals surface area contributed by atoms with Crippen LogP contribution in [-0.2, 0) is 28.7 Å². The summed E-state index contributed by atoms with van der Waals surface area (Å²) in [4.78, 5) is 48.5. The van der Waals surface area contributed by atoms with Crippen LogP contribution in [-0.4, -0.2) is 50.3 Å². The second-order valence-corrected chi connectivity index (χ2v) is 10.7. The molecule has 1 aliphatic carbocycles. The van der Waals surface area contributed by atoms with Gasteiger partial charge in [0.2, 0.25) is 0 Å². The van der Waals surface area contributed by atoms with Gasteiger partial charge in [0.15, 0.2) is 0 Å². The summed E-state index contributed by atoms with van der Waals surface area (Å²) in [6.07, 6.45) is 1.63. The summed E-state index contributed by atoms with van der Waals surface area (Å²) < 4.78 is 32.0. The zero-order valence-electron chi connectivity index (χ0n) is 25.1. The van der Waals surface area contributed by atoms with Gasteiger partial charge in [0.1, 0.15) is 55.5 Å². The van der Waals surface area contributed by atoms with Crippen LogP contribution >= 0.6 is 11.6 Å². The molecule has 0 heterocycles. The van der Waals surface area contributed by atoms with Gasteiger partial charge in [-0.1, -0.05) is 24.8 Å². The molecule has 12 heteroatoms. The Morgan fingerprint density at radius 1 is 0.756 bits per heavy atom. The van der Waals surface area contributed by atoms with Gasteiger partial charge in [-0.15, -0.1) is 0 Å². The lowest BCUT2D eigenvalue weighted by atomic mass is 9.82. The molecule has 0 amide bonds. The summed E-state index contributed by atoms with van der Waals surface area (Å²) in [6, 6.07) is 11.0. The number of hydrogen-bond acceptors (Lipinski definition) is 11. The molecule has 238 valence electrons. The zero-order valence-corrected chi connectivity index (χ0v) is 25.9. The van der Waals surface area contributed by atoms with Crippen LogP contribution in [0.2, 0.25) is 5.02 Å². The lowest BCUT2D eigenvalue weighted by molar-refractivity contribution is -0.145. The minimum atomic E-state index is -0.524. The Kier molecular flexibility index (Phi) is 13.0. The predicted octanol–water partition coefficient (Wildman–Crippen LogP) is 5.53. The molecule has 0 bridgehead atoms. The van der Waals surface area contributed by atoms with E-state index in [0.717, 1.165) is 0 Å². The molecule has 1 saturated carbocycles. The molecule has 0 aromatic heterocycles. The molecule has 1 fully saturated rings. The van der Waals surface area contributed by atoms with E-state index in [1.165, 1.54) is 31.2 Å². The lowest BCUT2D eigenvalue weighted by Crippen LogP contribution is -2.30. The van der Waals surface area contributed by atoms with Crippen LogP contribution in [0.25, 0.3) is 0 Å². The smallest absolute Gasteiger partial charge is 0.333 e. The number of carbonyl (C=O) groups excluding carboxylic acids is 4. The Balaban J connectivity index is 1.44. The van der Waals surface area contributed by atoms with E-state index < -0.39 is 35.7 Å². The van der Waals surface area contributed by atoms with Crippen molar-refractivity contribution in [2.75, 3.05) is 26.4 Å². The molecule has 0 radical (unpaired) electrons. The highest BCUT2D eigenvalue weighted by Crippen LogP contribution is 2.34. The maximum atomic E-state index is 12.9. The molecule has 0 unspecified atom stereocenters. The van der Waals surface area contributed by atoms with Crippen LogP contribution < -0.4 is 18.9 Å². The summed E-state index contributed by atoms with van der Waals surface area (Å²) in [5, 5.41) is 9.72. The first kappa shape index (κ1) is 34.7. The van der Waals surface area contributed by atoms with Gasteiger partial charge in [0.25, 0.3) is 0 Å². The molecule has 0 aliphatic heterocycles. The lowest BCUT2D eigenvalue weighted by Gasteiger charge is -2.26. The van der Waals surface area contributed by atoms with E-state index in [2.05, 4.69) is 13.2 Å². The first-order valence-corrected chi connectivity index (χ1v) is 14.5. The van der Waals surface area contributed by atoms with Gasteiger partial charge >= 0.3 is 23.9 Å². The maximum absolute atomic E-state index is 12.9. The number of ether oxygens (including phenoxy) is 6. The molecule has 2 aromatic carbocycles. The van der Waals surface area contributed by atoms with Crippen LogP contribution in [0.5, 0.6) is 23.0 Å². The van der Waals surface area contributed by atoms with Crippen LogP contribution in [0.4, 0.5) is 0 Å². The summed E-state index contributed by atoms with van der Waals surface area (Å²) in [6.45, 7) is 10.3. The molecule has 45 heavy (non-hydrogen) atoms. The Morgan fingerprint density at radius 3 is 1.64 bits per heavy atom.